The SMILES string of the molecule is COCCOc1cccc(C(=O)NCC2(c3ccc4c(c3)OCO4)CCOCC2)c1. The van der Waals surface area contributed by atoms with Crippen molar-refractivity contribution >= 4 is 5.91 Å². The first-order valence-corrected chi connectivity index (χ1v) is 10.2. The van der Waals surface area contributed by atoms with E-state index in [1.54, 1.807) is 19.2 Å². The molecule has 2 aliphatic rings. The van der Waals surface area contributed by atoms with E-state index in [0.717, 1.165) is 29.9 Å². The van der Waals surface area contributed by atoms with E-state index < -0.39 is 0 Å². The molecule has 160 valence electrons. The van der Waals surface area contributed by atoms with Crippen molar-refractivity contribution in [3.63, 3.8) is 0 Å². The van der Waals surface area contributed by atoms with Crippen molar-refractivity contribution in [2.24, 2.45) is 0 Å². The van der Waals surface area contributed by atoms with Crippen molar-refractivity contribution in [1.82, 2.24) is 5.32 Å². The molecule has 2 aromatic rings. The smallest absolute Gasteiger partial charge is 0.251 e. The molecule has 7 nitrogen and oxygen atoms in total. The van der Waals surface area contributed by atoms with Gasteiger partial charge >= 0.3 is 0 Å². The number of carbonyl (C=O) groups excluding carboxylic acids is 1. The quantitative estimate of drug-likeness (QED) is 0.671. The molecule has 1 saturated heterocycles. The summed E-state index contributed by atoms with van der Waals surface area (Å²) in [7, 11) is 1.62. The minimum Gasteiger partial charge on any atom is -0.491 e. The lowest BCUT2D eigenvalue weighted by molar-refractivity contribution is 0.0486. The summed E-state index contributed by atoms with van der Waals surface area (Å²) >= 11 is 0. The Labute approximate surface area is 176 Å². The third-order valence-electron chi connectivity index (χ3n) is 5.67. The van der Waals surface area contributed by atoms with E-state index in [-0.39, 0.29) is 18.1 Å². The van der Waals surface area contributed by atoms with Gasteiger partial charge in [0, 0.05) is 37.8 Å². The summed E-state index contributed by atoms with van der Waals surface area (Å²) in [6.45, 7) is 3.02. The predicted octanol–water partition coefficient (Wildman–Crippen LogP) is 2.92. The molecule has 1 fully saturated rings. The fourth-order valence-electron chi connectivity index (χ4n) is 3.88. The molecule has 2 heterocycles. The van der Waals surface area contributed by atoms with Gasteiger partial charge in [0.15, 0.2) is 11.5 Å². The van der Waals surface area contributed by atoms with Crippen LogP contribution in [-0.4, -0.2) is 52.8 Å². The second-order valence-electron chi connectivity index (χ2n) is 7.51. The fourth-order valence-corrected chi connectivity index (χ4v) is 3.88. The molecule has 0 saturated carbocycles. The molecule has 0 spiro atoms. The lowest BCUT2D eigenvalue weighted by Crippen LogP contribution is -2.44. The topological polar surface area (TPSA) is 75.3 Å². The molecule has 2 aromatic carbocycles. The van der Waals surface area contributed by atoms with Crippen molar-refractivity contribution in [2.75, 3.05) is 46.9 Å². The molecule has 0 aromatic heterocycles. The molecule has 7 heteroatoms. The summed E-state index contributed by atoms with van der Waals surface area (Å²) < 4.78 is 27.2. The predicted molar refractivity (Wildman–Crippen MR) is 110 cm³/mol. The molecular formula is C23H27NO6. The average molecular weight is 413 g/mol. The van der Waals surface area contributed by atoms with Gasteiger partial charge < -0.3 is 29.0 Å². The summed E-state index contributed by atoms with van der Waals surface area (Å²) in [6, 6.07) is 13.2. The highest BCUT2D eigenvalue weighted by Gasteiger charge is 2.36. The molecule has 30 heavy (non-hydrogen) atoms. The summed E-state index contributed by atoms with van der Waals surface area (Å²) in [4.78, 5) is 12.9. The number of benzene rings is 2. The van der Waals surface area contributed by atoms with Crippen molar-refractivity contribution in [3.05, 3.63) is 53.6 Å². The lowest BCUT2D eigenvalue weighted by atomic mass is 9.74. The molecule has 1 N–H and O–H groups in total. The standard InChI is InChI=1S/C23H27NO6/c1-26-11-12-28-19-4-2-3-17(13-19)22(25)24-15-23(7-9-27-10-8-23)18-5-6-20-21(14-18)30-16-29-20/h2-6,13-14H,7-12,15-16H2,1H3,(H,24,25). The second-order valence-corrected chi connectivity index (χ2v) is 7.51. The number of methoxy groups -OCH3 is 1. The third-order valence-corrected chi connectivity index (χ3v) is 5.67. The first-order valence-electron chi connectivity index (χ1n) is 10.2. The number of hydrogen-bond acceptors (Lipinski definition) is 6. The Hall–Kier alpha value is -2.77. The van der Waals surface area contributed by atoms with E-state index >= 15 is 0 Å². The molecule has 0 radical (unpaired) electrons. The highest BCUT2D eigenvalue weighted by molar-refractivity contribution is 5.94. The van der Waals surface area contributed by atoms with Crippen LogP contribution in [0.4, 0.5) is 0 Å². The van der Waals surface area contributed by atoms with Crippen molar-refractivity contribution in [1.29, 1.82) is 0 Å². The molecule has 0 unspecified atom stereocenters. The third kappa shape index (κ3) is 4.52. The lowest BCUT2D eigenvalue weighted by Gasteiger charge is -2.38. The van der Waals surface area contributed by atoms with Gasteiger partial charge in [0.2, 0.25) is 6.79 Å². The van der Waals surface area contributed by atoms with Crippen molar-refractivity contribution < 1.29 is 28.5 Å². The van der Waals surface area contributed by atoms with Crippen LogP contribution in [0.15, 0.2) is 42.5 Å². The van der Waals surface area contributed by atoms with Gasteiger partial charge in [-0.1, -0.05) is 12.1 Å². The van der Waals surface area contributed by atoms with E-state index in [1.807, 2.05) is 24.3 Å². The first-order chi connectivity index (χ1) is 14.7. The summed E-state index contributed by atoms with van der Waals surface area (Å²) in [5, 5.41) is 3.12. The van der Waals surface area contributed by atoms with Gasteiger partial charge in [-0.25, -0.2) is 0 Å². The van der Waals surface area contributed by atoms with Crippen LogP contribution in [-0.2, 0) is 14.9 Å². The van der Waals surface area contributed by atoms with Crippen LogP contribution in [0, 0.1) is 0 Å². The number of amides is 1. The molecule has 0 bridgehead atoms. The Balaban J connectivity index is 1.47. The van der Waals surface area contributed by atoms with Crippen LogP contribution in [0.2, 0.25) is 0 Å². The zero-order chi connectivity index (χ0) is 20.8. The maximum atomic E-state index is 12.9. The van der Waals surface area contributed by atoms with Crippen LogP contribution in [0.3, 0.4) is 0 Å². The van der Waals surface area contributed by atoms with Gasteiger partial charge in [-0.15, -0.1) is 0 Å². The zero-order valence-corrected chi connectivity index (χ0v) is 17.1. The number of rotatable bonds is 8. The molecular weight excluding hydrogens is 386 g/mol. The maximum absolute atomic E-state index is 12.9. The maximum Gasteiger partial charge on any atom is 0.251 e. The van der Waals surface area contributed by atoms with E-state index in [2.05, 4.69) is 11.4 Å². The number of hydrogen-bond donors (Lipinski definition) is 1. The Morgan fingerprint density at radius 2 is 1.90 bits per heavy atom. The van der Waals surface area contributed by atoms with Gasteiger partial charge in [-0.2, -0.15) is 0 Å². The van der Waals surface area contributed by atoms with E-state index in [1.165, 1.54) is 0 Å². The van der Waals surface area contributed by atoms with E-state index in [9.17, 15) is 4.79 Å². The number of nitrogens with one attached hydrogen (secondary N) is 1. The van der Waals surface area contributed by atoms with Crippen molar-refractivity contribution in [3.8, 4) is 17.2 Å². The second kappa shape index (κ2) is 9.36. The molecule has 0 aliphatic carbocycles. The minimum absolute atomic E-state index is 0.126. The normalized spacial score (nSPS) is 16.8. The van der Waals surface area contributed by atoms with Crippen LogP contribution in [0.5, 0.6) is 17.2 Å². The Bertz CT molecular complexity index is 878. The molecule has 4 rings (SSSR count). The van der Waals surface area contributed by atoms with Gasteiger partial charge in [0.25, 0.3) is 5.91 Å². The zero-order valence-electron chi connectivity index (χ0n) is 17.1. The molecule has 1 amide bonds. The number of carbonyl (C=O) groups is 1. The number of ether oxygens (including phenoxy) is 5. The largest absolute Gasteiger partial charge is 0.491 e. The van der Waals surface area contributed by atoms with Crippen LogP contribution < -0.4 is 19.5 Å². The van der Waals surface area contributed by atoms with Crippen LogP contribution in [0.1, 0.15) is 28.8 Å². The highest BCUT2D eigenvalue weighted by atomic mass is 16.7. The van der Waals surface area contributed by atoms with Gasteiger partial charge in [-0.05, 0) is 48.7 Å². The van der Waals surface area contributed by atoms with E-state index in [0.29, 0.717) is 44.3 Å². The Kier molecular flexibility index (Phi) is 6.40. The minimum atomic E-state index is -0.207. The first kappa shape index (κ1) is 20.5. The molecule has 2 aliphatic heterocycles. The van der Waals surface area contributed by atoms with Gasteiger partial charge in [-0.3, -0.25) is 4.79 Å². The summed E-state index contributed by atoms with van der Waals surface area (Å²) in [6.07, 6.45) is 1.65. The van der Waals surface area contributed by atoms with Crippen LogP contribution in [0.25, 0.3) is 0 Å². The highest BCUT2D eigenvalue weighted by Crippen LogP contribution is 2.40. The Morgan fingerprint density at radius 1 is 1.07 bits per heavy atom. The summed E-state index contributed by atoms with van der Waals surface area (Å²) in [5.74, 6) is 2.04. The summed E-state index contributed by atoms with van der Waals surface area (Å²) in [5.41, 5.74) is 1.49. The van der Waals surface area contributed by atoms with E-state index in [4.69, 9.17) is 23.7 Å². The monoisotopic (exact) mass is 413 g/mol. The van der Waals surface area contributed by atoms with Gasteiger partial charge in [0.05, 0.1) is 6.61 Å². The number of fused-ring (bicyclic) bond motifs is 1. The van der Waals surface area contributed by atoms with Gasteiger partial charge in [0.1, 0.15) is 12.4 Å². The fraction of sp³-hybridized carbons (Fsp3) is 0.435. The molecule has 0 atom stereocenters. The Morgan fingerprint density at radius 3 is 2.73 bits per heavy atom. The average Bonchev–Trinajstić information content (AvgIpc) is 3.26. The van der Waals surface area contributed by atoms with Crippen molar-refractivity contribution in [2.45, 2.75) is 18.3 Å². The van der Waals surface area contributed by atoms with Crippen LogP contribution >= 0.6 is 0 Å².